The maximum Gasteiger partial charge on any atom is 0.323 e. The number of carboxylic acids is 1. The fraction of sp³-hybridized carbons (Fsp3) is 0.875. The lowest BCUT2D eigenvalue weighted by molar-refractivity contribution is -0.144. The molecule has 4 nitrogen and oxygen atoms in total. The quantitative estimate of drug-likeness (QED) is 0.570. The Labute approximate surface area is 72.9 Å². The van der Waals surface area contributed by atoms with Crippen molar-refractivity contribution in [2.24, 2.45) is 0 Å². The third-order valence-electron chi connectivity index (χ3n) is 1.51. The molecule has 0 saturated heterocycles. The Morgan fingerprint density at radius 3 is 2.67 bits per heavy atom. The summed E-state index contributed by atoms with van der Waals surface area (Å²) in [6.07, 6.45) is 2.51. The Morgan fingerprint density at radius 1 is 1.58 bits per heavy atom. The van der Waals surface area contributed by atoms with Crippen LogP contribution in [0.2, 0.25) is 0 Å². The Morgan fingerprint density at radius 2 is 2.25 bits per heavy atom. The fourth-order valence-electron chi connectivity index (χ4n) is 0.825. The van der Waals surface area contributed by atoms with E-state index >= 15 is 0 Å². The summed E-state index contributed by atoms with van der Waals surface area (Å²) < 4.78 is 0. The Balaban J connectivity index is 3.62. The SMILES string of the molecule is CCCCC(NOCC)C(=O)O. The first-order chi connectivity index (χ1) is 5.72. The van der Waals surface area contributed by atoms with Crippen molar-refractivity contribution in [2.75, 3.05) is 6.61 Å². The molecular weight excluding hydrogens is 158 g/mol. The predicted octanol–water partition coefficient (Wildman–Crippen LogP) is 1.17. The van der Waals surface area contributed by atoms with Crippen LogP contribution in [0, 0.1) is 0 Å². The minimum Gasteiger partial charge on any atom is -0.480 e. The Kier molecular flexibility index (Phi) is 6.70. The summed E-state index contributed by atoms with van der Waals surface area (Å²) in [7, 11) is 0. The van der Waals surface area contributed by atoms with Gasteiger partial charge in [0, 0.05) is 0 Å². The number of carbonyl (C=O) groups is 1. The molecule has 4 heteroatoms. The molecule has 0 bridgehead atoms. The average Bonchev–Trinajstić information content (AvgIpc) is 2.04. The molecule has 0 aromatic rings. The molecule has 0 rings (SSSR count). The van der Waals surface area contributed by atoms with Gasteiger partial charge in [-0.05, 0) is 13.3 Å². The van der Waals surface area contributed by atoms with Gasteiger partial charge in [0.1, 0.15) is 6.04 Å². The number of hydrogen-bond acceptors (Lipinski definition) is 3. The van der Waals surface area contributed by atoms with E-state index in [-0.39, 0.29) is 0 Å². The molecule has 0 aliphatic heterocycles. The van der Waals surface area contributed by atoms with E-state index in [1.165, 1.54) is 0 Å². The van der Waals surface area contributed by atoms with Crippen LogP contribution in [0.3, 0.4) is 0 Å². The molecule has 0 radical (unpaired) electrons. The number of nitrogens with one attached hydrogen (secondary N) is 1. The van der Waals surface area contributed by atoms with Gasteiger partial charge in [-0.2, -0.15) is 5.48 Å². The molecule has 2 N–H and O–H groups in total. The molecule has 0 amide bonds. The molecule has 12 heavy (non-hydrogen) atoms. The molecule has 0 aromatic carbocycles. The second-order valence-electron chi connectivity index (χ2n) is 2.58. The molecule has 0 saturated carbocycles. The van der Waals surface area contributed by atoms with Crippen LogP contribution in [0.1, 0.15) is 33.1 Å². The number of rotatable bonds is 7. The van der Waals surface area contributed by atoms with Crippen molar-refractivity contribution in [2.45, 2.75) is 39.2 Å². The number of hydrogen-bond donors (Lipinski definition) is 2. The van der Waals surface area contributed by atoms with Gasteiger partial charge in [0.25, 0.3) is 0 Å². The Hall–Kier alpha value is -0.610. The molecule has 0 spiro atoms. The maximum atomic E-state index is 10.6. The smallest absolute Gasteiger partial charge is 0.323 e. The average molecular weight is 175 g/mol. The molecule has 1 atom stereocenters. The first-order valence-corrected chi connectivity index (χ1v) is 4.32. The van der Waals surface area contributed by atoms with Crippen molar-refractivity contribution in [3.63, 3.8) is 0 Å². The summed E-state index contributed by atoms with van der Waals surface area (Å²) >= 11 is 0. The molecule has 0 aromatic heterocycles. The second kappa shape index (κ2) is 7.06. The van der Waals surface area contributed by atoms with Gasteiger partial charge in [-0.25, -0.2) is 0 Å². The van der Waals surface area contributed by atoms with Crippen molar-refractivity contribution in [1.82, 2.24) is 5.48 Å². The molecule has 0 fully saturated rings. The van der Waals surface area contributed by atoms with E-state index in [2.05, 4.69) is 5.48 Å². The van der Waals surface area contributed by atoms with E-state index in [1.807, 2.05) is 13.8 Å². The van der Waals surface area contributed by atoms with Crippen LogP contribution in [0.5, 0.6) is 0 Å². The van der Waals surface area contributed by atoms with E-state index in [0.717, 1.165) is 12.8 Å². The molecule has 0 aliphatic carbocycles. The minimum atomic E-state index is -0.850. The first kappa shape index (κ1) is 11.4. The topological polar surface area (TPSA) is 58.6 Å². The number of unbranched alkanes of at least 4 members (excludes halogenated alkanes) is 1. The largest absolute Gasteiger partial charge is 0.480 e. The third kappa shape index (κ3) is 5.09. The van der Waals surface area contributed by atoms with E-state index in [9.17, 15) is 4.79 Å². The van der Waals surface area contributed by atoms with E-state index in [4.69, 9.17) is 9.94 Å². The van der Waals surface area contributed by atoms with E-state index in [1.54, 1.807) is 0 Å². The van der Waals surface area contributed by atoms with Gasteiger partial charge in [0.05, 0.1) is 6.61 Å². The van der Waals surface area contributed by atoms with Crippen LogP contribution >= 0.6 is 0 Å². The molecular formula is C8H17NO3. The lowest BCUT2D eigenvalue weighted by Gasteiger charge is -2.12. The summed E-state index contributed by atoms with van der Waals surface area (Å²) in [6.45, 7) is 4.32. The highest BCUT2D eigenvalue weighted by Crippen LogP contribution is 2.00. The summed E-state index contributed by atoms with van der Waals surface area (Å²) in [5.74, 6) is -0.850. The van der Waals surface area contributed by atoms with Crippen LogP contribution in [0.25, 0.3) is 0 Å². The normalized spacial score (nSPS) is 12.8. The van der Waals surface area contributed by atoms with Crippen molar-refractivity contribution in [3.05, 3.63) is 0 Å². The van der Waals surface area contributed by atoms with Gasteiger partial charge in [0.2, 0.25) is 0 Å². The zero-order chi connectivity index (χ0) is 9.40. The van der Waals surface area contributed by atoms with Crippen LogP contribution in [-0.4, -0.2) is 23.7 Å². The van der Waals surface area contributed by atoms with Gasteiger partial charge < -0.3 is 9.94 Å². The Bertz CT molecular complexity index is 119. The molecule has 0 aliphatic rings. The molecule has 1 unspecified atom stereocenters. The van der Waals surface area contributed by atoms with Gasteiger partial charge in [-0.3, -0.25) is 4.79 Å². The molecule has 72 valence electrons. The van der Waals surface area contributed by atoms with Crippen molar-refractivity contribution >= 4 is 5.97 Å². The van der Waals surface area contributed by atoms with Gasteiger partial charge in [-0.15, -0.1) is 0 Å². The van der Waals surface area contributed by atoms with Crippen molar-refractivity contribution < 1.29 is 14.7 Å². The summed E-state index contributed by atoms with van der Waals surface area (Å²) in [5, 5.41) is 8.68. The number of hydroxylamine groups is 1. The first-order valence-electron chi connectivity index (χ1n) is 4.32. The number of aliphatic carboxylic acids is 1. The van der Waals surface area contributed by atoms with Crippen LogP contribution in [0.4, 0.5) is 0 Å². The van der Waals surface area contributed by atoms with Crippen molar-refractivity contribution in [3.8, 4) is 0 Å². The van der Waals surface area contributed by atoms with Crippen LogP contribution < -0.4 is 5.48 Å². The third-order valence-corrected chi connectivity index (χ3v) is 1.51. The van der Waals surface area contributed by atoms with E-state index < -0.39 is 12.0 Å². The zero-order valence-electron chi connectivity index (χ0n) is 7.67. The lowest BCUT2D eigenvalue weighted by atomic mass is 10.1. The van der Waals surface area contributed by atoms with Gasteiger partial charge in [0.15, 0.2) is 0 Å². The summed E-state index contributed by atoms with van der Waals surface area (Å²) in [6, 6.07) is -0.565. The van der Waals surface area contributed by atoms with E-state index in [0.29, 0.717) is 13.0 Å². The van der Waals surface area contributed by atoms with Crippen molar-refractivity contribution in [1.29, 1.82) is 0 Å². The van der Waals surface area contributed by atoms with Gasteiger partial charge >= 0.3 is 5.97 Å². The highest BCUT2D eigenvalue weighted by Gasteiger charge is 2.15. The lowest BCUT2D eigenvalue weighted by Crippen LogP contribution is -2.36. The number of carboxylic acid groups (broad SMARTS) is 1. The standard InChI is InChI=1S/C8H17NO3/c1-3-5-6-7(8(10)11)9-12-4-2/h7,9H,3-6H2,1-2H3,(H,10,11). The summed E-state index contributed by atoms with van der Waals surface area (Å²) in [5.41, 5.74) is 2.50. The highest BCUT2D eigenvalue weighted by atomic mass is 16.6. The summed E-state index contributed by atoms with van der Waals surface area (Å²) in [4.78, 5) is 15.4. The maximum absolute atomic E-state index is 10.6. The van der Waals surface area contributed by atoms with Crippen LogP contribution in [-0.2, 0) is 9.63 Å². The predicted molar refractivity (Wildman–Crippen MR) is 45.7 cm³/mol. The highest BCUT2D eigenvalue weighted by molar-refractivity contribution is 5.73. The van der Waals surface area contributed by atoms with Crippen LogP contribution in [0.15, 0.2) is 0 Å². The monoisotopic (exact) mass is 175 g/mol. The molecule has 0 heterocycles. The van der Waals surface area contributed by atoms with Gasteiger partial charge in [-0.1, -0.05) is 19.8 Å². The minimum absolute atomic E-state index is 0.482. The fourth-order valence-corrected chi connectivity index (χ4v) is 0.825. The zero-order valence-corrected chi connectivity index (χ0v) is 7.67. The second-order valence-corrected chi connectivity index (χ2v) is 2.58.